The lowest BCUT2D eigenvalue weighted by molar-refractivity contribution is 0.280. The molecule has 0 aliphatic carbocycles. The van der Waals surface area contributed by atoms with Gasteiger partial charge in [0.15, 0.2) is 0 Å². The van der Waals surface area contributed by atoms with Gasteiger partial charge >= 0.3 is 0 Å². The molecule has 1 rings (SSSR count). The van der Waals surface area contributed by atoms with Gasteiger partial charge in [-0.25, -0.2) is 4.98 Å². The van der Waals surface area contributed by atoms with Gasteiger partial charge in [0.25, 0.3) is 5.19 Å². The zero-order valence-electron chi connectivity index (χ0n) is 7.99. The molecular formula is C8H15N3OS. The third-order valence-electron chi connectivity index (χ3n) is 1.48. The fraction of sp³-hybridized carbons (Fsp3) is 0.625. The summed E-state index contributed by atoms with van der Waals surface area (Å²) in [5.74, 6) is 0. The van der Waals surface area contributed by atoms with Gasteiger partial charge in [-0.2, -0.15) is 0 Å². The Morgan fingerprint density at radius 2 is 2.38 bits per heavy atom. The predicted molar refractivity (Wildman–Crippen MR) is 55.2 cm³/mol. The molecule has 2 N–H and O–H groups in total. The molecule has 0 bridgehead atoms. The molecule has 5 heteroatoms. The zero-order valence-corrected chi connectivity index (χ0v) is 8.80. The first-order chi connectivity index (χ1) is 6.18. The summed E-state index contributed by atoms with van der Waals surface area (Å²) in [6, 6.07) is 0. The van der Waals surface area contributed by atoms with Gasteiger partial charge in [-0.3, -0.25) is 0 Å². The lowest BCUT2D eigenvalue weighted by atomic mass is 10.4. The summed E-state index contributed by atoms with van der Waals surface area (Å²) in [4.78, 5) is 6.11. The number of ether oxygens (including phenoxy) is 1. The molecule has 74 valence electrons. The van der Waals surface area contributed by atoms with Crippen LogP contribution in [0.3, 0.4) is 0 Å². The Balaban J connectivity index is 2.13. The minimum atomic E-state index is 0.663. The van der Waals surface area contributed by atoms with Crippen molar-refractivity contribution in [3.63, 3.8) is 0 Å². The first-order valence-electron chi connectivity index (χ1n) is 4.17. The topological polar surface area (TPSA) is 51.4 Å². The van der Waals surface area contributed by atoms with E-state index in [9.17, 15) is 0 Å². The van der Waals surface area contributed by atoms with Crippen LogP contribution in [0.15, 0.2) is 6.20 Å². The highest BCUT2D eigenvalue weighted by Gasteiger charge is 1.99. The van der Waals surface area contributed by atoms with E-state index in [4.69, 9.17) is 10.5 Å². The largest absolute Gasteiger partial charge is 0.470 e. The second-order valence-electron chi connectivity index (χ2n) is 3.03. The molecule has 0 amide bonds. The maximum Gasteiger partial charge on any atom is 0.275 e. The van der Waals surface area contributed by atoms with Gasteiger partial charge in [0.1, 0.15) is 5.00 Å². The molecule has 0 unspecified atom stereocenters. The first kappa shape index (κ1) is 10.3. The number of thiazole rings is 1. The van der Waals surface area contributed by atoms with Gasteiger partial charge in [0.2, 0.25) is 0 Å². The van der Waals surface area contributed by atoms with Gasteiger partial charge < -0.3 is 15.4 Å². The van der Waals surface area contributed by atoms with E-state index in [1.807, 2.05) is 14.1 Å². The van der Waals surface area contributed by atoms with Crippen LogP contribution < -0.4 is 10.5 Å². The number of hydrogen-bond donors (Lipinski definition) is 1. The van der Waals surface area contributed by atoms with Crippen molar-refractivity contribution in [2.24, 2.45) is 0 Å². The van der Waals surface area contributed by atoms with Crippen LogP contribution in [0.1, 0.15) is 6.42 Å². The molecule has 0 aliphatic rings. The number of hydrogen-bond acceptors (Lipinski definition) is 5. The van der Waals surface area contributed by atoms with E-state index in [1.54, 1.807) is 6.20 Å². The second-order valence-corrected chi connectivity index (χ2v) is 4.06. The lowest BCUT2D eigenvalue weighted by Gasteiger charge is -2.08. The Bertz CT molecular complexity index is 249. The fourth-order valence-electron chi connectivity index (χ4n) is 0.877. The summed E-state index contributed by atoms with van der Waals surface area (Å²) in [5.41, 5.74) is 5.50. The van der Waals surface area contributed by atoms with E-state index in [0.29, 0.717) is 16.8 Å². The van der Waals surface area contributed by atoms with E-state index in [0.717, 1.165) is 13.0 Å². The number of rotatable bonds is 5. The van der Waals surface area contributed by atoms with Crippen molar-refractivity contribution >= 4 is 16.3 Å². The zero-order chi connectivity index (χ0) is 9.68. The quantitative estimate of drug-likeness (QED) is 0.724. The number of nitrogens with zero attached hydrogens (tertiary/aromatic N) is 2. The van der Waals surface area contributed by atoms with E-state index in [-0.39, 0.29) is 0 Å². The molecule has 4 nitrogen and oxygen atoms in total. The van der Waals surface area contributed by atoms with Crippen LogP contribution in [0.5, 0.6) is 5.19 Å². The normalized spacial score (nSPS) is 10.7. The van der Waals surface area contributed by atoms with Crippen molar-refractivity contribution < 1.29 is 4.74 Å². The molecule has 1 aromatic rings. The standard InChI is InChI=1S/C8H15N3OS/c1-11(2)4-3-5-12-8-10-6-7(9)13-8/h6H,3-5,9H2,1-2H3. The minimum Gasteiger partial charge on any atom is -0.470 e. The highest BCUT2D eigenvalue weighted by molar-refractivity contribution is 7.17. The van der Waals surface area contributed by atoms with Crippen LogP contribution in [0, 0.1) is 0 Å². The van der Waals surface area contributed by atoms with Crippen LogP contribution in [0.25, 0.3) is 0 Å². The lowest BCUT2D eigenvalue weighted by Crippen LogP contribution is -2.15. The summed E-state index contributed by atoms with van der Waals surface area (Å²) in [5, 5.41) is 1.36. The van der Waals surface area contributed by atoms with Gasteiger partial charge in [-0.05, 0) is 20.5 Å². The smallest absolute Gasteiger partial charge is 0.275 e. The second kappa shape index (κ2) is 5.04. The van der Waals surface area contributed by atoms with Gasteiger partial charge in [-0.15, -0.1) is 0 Å². The number of aromatic nitrogens is 1. The van der Waals surface area contributed by atoms with Crippen molar-refractivity contribution in [3.05, 3.63) is 6.20 Å². The molecule has 1 aromatic heterocycles. The first-order valence-corrected chi connectivity index (χ1v) is 4.99. The van der Waals surface area contributed by atoms with Crippen molar-refractivity contribution in [1.82, 2.24) is 9.88 Å². The van der Waals surface area contributed by atoms with Gasteiger partial charge in [0, 0.05) is 6.54 Å². The van der Waals surface area contributed by atoms with Crippen LogP contribution in [0.2, 0.25) is 0 Å². The maximum absolute atomic E-state index is 5.50. The summed E-state index contributed by atoms with van der Waals surface area (Å²) in [6.45, 7) is 1.73. The molecule has 1 heterocycles. The Hall–Kier alpha value is -0.810. The van der Waals surface area contributed by atoms with Crippen molar-refractivity contribution in [2.45, 2.75) is 6.42 Å². The van der Waals surface area contributed by atoms with E-state index < -0.39 is 0 Å². The molecule has 0 saturated heterocycles. The van der Waals surface area contributed by atoms with Gasteiger partial charge in [0.05, 0.1) is 12.8 Å². The third kappa shape index (κ3) is 4.10. The summed E-state index contributed by atoms with van der Waals surface area (Å²) < 4.78 is 5.38. The van der Waals surface area contributed by atoms with Crippen molar-refractivity contribution in [1.29, 1.82) is 0 Å². The molecule has 0 saturated carbocycles. The molecular weight excluding hydrogens is 186 g/mol. The Kier molecular flexibility index (Phi) is 3.98. The molecule has 0 fully saturated rings. The SMILES string of the molecule is CN(C)CCCOc1ncc(N)s1. The maximum atomic E-state index is 5.50. The van der Waals surface area contributed by atoms with Crippen LogP contribution in [0.4, 0.5) is 5.00 Å². The molecule has 0 aliphatic heterocycles. The minimum absolute atomic E-state index is 0.663. The van der Waals surface area contributed by atoms with Gasteiger partial charge in [-0.1, -0.05) is 11.3 Å². The average molecular weight is 201 g/mol. The molecule has 0 radical (unpaired) electrons. The fourth-order valence-corrected chi connectivity index (χ4v) is 1.43. The van der Waals surface area contributed by atoms with Crippen LogP contribution in [-0.4, -0.2) is 37.1 Å². The number of nitrogen functional groups attached to an aromatic ring is 1. The third-order valence-corrected chi connectivity index (χ3v) is 2.22. The number of nitrogens with two attached hydrogens (primary N) is 1. The molecule has 0 atom stereocenters. The highest BCUT2D eigenvalue weighted by atomic mass is 32.1. The Morgan fingerprint density at radius 1 is 1.62 bits per heavy atom. The monoisotopic (exact) mass is 201 g/mol. The van der Waals surface area contributed by atoms with E-state index in [2.05, 4.69) is 9.88 Å². The molecule has 0 spiro atoms. The molecule has 0 aromatic carbocycles. The Labute approximate surface area is 82.3 Å². The summed E-state index contributed by atoms with van der Waals surface area (Å²) in [7, 11) is 4.09. The molecule has 13 heavy (non-hydrogen) atoms. The van der Waals surface area contributed by atoms with Crippen LogP contribution >= 0.6 is 11.3 Å². The summed E-state index contributed by atoms with van der Waals surface area (Å²) in [6.07, 6.45) is 2.62. The average Bonchev–Trinajstić information content (AvgIpc) is 2.45. The number of anilines is 1. The van der Waals surface area contributed by atoms with E-state index >= 15 is 0 Å². The summed E-state index contributed by atoms with van der Waals surface area (Å²) >= 11 is 1.38. The van der Waals surface area contributed by atoms with Crippen LogP contribution in [-0.2, 0) is 0 Å². The highest BCUT2D eigenvalue weighted by Crippen LogP contribution is 2.21. The predicted octanol–water partition coefficient (Wildman–Crippen LogP) is 1.06. The van der Waals surface area contributed by atoms with E-state index in [1.165, 1.54) is 11.3 Å². The van der Waals surface area contributed by atoms with Crippen molar-refractivity contribution in [3.8, 4) is 5.19 Å². The van der Waals surface area contributed by atoms with Crippen molar-refractivity contribution in [2.75, 3.05) is 33.0 Å². The Morgan fingerprint density at radius 3 is 2.92 bits per heavy atom.